The first-order valence-corrected chi connectivity index (χ1v) is 6.17. The van der Waals surface area contributed by atoms with E-state index in [1.165, 1.54) is 12.6 Å². The molecule has 17 heavy (non-hydrogen) atoms. The summed E-state index contributed by atoms with van der Waals surface area (Å²) in [5, 5.41) is 3.07. The quantitative estimate of drug-likeness (QED) is 0.873. The number of hydrogen-bond donors (Lipinski definition) is 1. The van der Waals surface area contributed by atoms with E-state index < -0.39 is 0 Å². The highest BCUT2D eigenvalue weighted by atomic mass is 19.1. The van der Waals surface area contributed by atoms with Crippen LogP contribution in [-0.4, -0.2) is 24.6 Å². The lowest BCUT2D eigenvalue weighted by atomic mass is 10.1. The Hall–Kier alpha value is -1.16. The third kappa shape index (κ3) is 2.57. The molecule has 2 atom stereocenters. The van der Waals surface area contributed by atoms with Crippen molar-refractivity contribution in [2.24, 2.45) is 5.92 Å². The van der Waals surface area contributed by atoms with E-state index in [2.05, 4.69) is 29.0 Å². The van der Waals surface area contributed by atoms with Crippen LogP contribution in [0.5, 0.6) is 0 Å². The number of hydrogen-bond acceptors (Lipinski definition) is 3. The number of halogens is 1. The van der Waals surface area contributed by atoms with E-state index in [4.69, 9.17) is 0 Å². The number of pyridine rings is 1. The van der Waals surface area contributed by atoms with Gasteiger partial charge >= 0.3 is 0 Å². The molecule has 0 spiro atoms. The fourth-order valence-electron chi connectivity index (χ4n) is 2.65. The van der Waals surface area contributed by atoms with Crippen LogP contribution < -0.4 is 10.2 Å². The number of rotatable bonds is 3. The van der Waals surface area contributed by atoms with Crippen LogP contribution in [0.2, 0.25) is 0 Å². The Morgan fingerprint density at radius 1 is 1.53 bits per heavy atom. The van der Waals surface area contributed by atoms with Gasteiger partial charge in [0.05, 0.1) is 6.20 Å². The van der Waals surface area contributed by atoms with Gasteiger partial charge in [-0.05, 0) is 32.4 Å². The van der Waals surface area contributed by atoms with E-state index in [0.717, 1.165) is 17.9 Å². The Morgan fingerprint density at radius 3 is 2.88 bits per heavy atom. The van der Waals surface area contributed by atoms with Crippen molar-refractivity contribution < 1.29 is 4.39 Å². The van der Waals surface area contributed by atoms with Gasteiger partial charge in [0, 0.05) is 24.7 Å². The number of nitrogens with zero attached hydrogens (tertiary/aromatic N) is 2. The van der Waals surface area contributed by atoms with Crippen LogP contribution >= 0.6 is 0 Å². The molecule has 1 N–H and O–H groups in total. The van der Waals surface area contributed by atoms with Gasteiger partial charge in [0.15, 0.2) is 0 Å². The SMILES string of the molecule is CNCc1cc(F)cnc1N1CC(C)CC1C. The molecule has 1 aromatic heterocycles. The Bertz CT molecular complexity index is 394. The molecule has 1 aromatic rings. The van der Waals surface area contributed by atoms with Gasteiger partial charge in [-0.2, -0.15) is 0 Å². The Labute approximate surface area is 102 Å². The summed E-state index contributed by atoms with van der Waals surface area (Å²) in [6, 6.07) is 2.06. The van der Waals surface area contributed by atoms with E-state index in [0.29, 0.717) is 18.5 Å². The molecule has 2 unspecified atom stereocenters. The third-order valence-electron chi connectivity index (χ3n) is 3.33. The molecule has 2 heterocycles. The van der Waals surface area contributed by atoms with Gasteiger partial charge in [0.25, 0.3) is 0 Å². The average Bonchev–Trinajstić information content (AvgIpc) is 2.59. The molecule has 4 heteroatoms. The summed E-state index contributed by atoms with van der Waals surface area (Å²) >= 11 is 0. The van der Waals surface area contributed by atoms with Crippen molar-refractivity contribution in [2.45, 2.75) is 32.9 Å². The maximum atomic E-state index is 13.2. The molecule has 1 saturated heterocycles. The van der Waals surface area contributed by atoms with Crippen molar-refractivity contribution in [2.75, 3.05) is 18.5 Å². The molecule has 0 saturated carbocycles. The van der Waals surface area contributed by atoms with Crippen LogP contribution in [0.1, 0.15) is 25.8 Å². The van der Waals surface area contributed by atoms with Crippen LogP contribution in [0.3, 0.4) is 0 Å². The van der Waals surface area contributed by atoms with E-state index in [1.54, 1.807) is 6.07 Å². The van der Waals surface area contributed by atoms with Crippen LogP contribution in [-0.2, 0) is 6.54 Å². The second-order valence-electron chi connectivity index (χ2n) is 5.01. The second-order valence-corrected chi connectivity index (χ2v) is 5.01. The predicted molar refractivity (Wildman–Crippen MR) is 67.5 cm³/mol. The van der Waals surface area contributed by atoms with Gasteiger partial charge < -0.3 is 10.2 Å². The van der Waals surface area contributed by atoms with Crippen LogP contribution in [0, 0.1) is 11.7 Å². The Kier molecular flexibility index (Phi) is 3.62. The highest BCUT2D eigenvalue weighted by molar-refractivity contribution is 5.48. The molecule has 2 rings (SSSR count). The standard InChI is InChI=1S/C13H20FN3/c1-9-4-10(2)17(8-9)13-11(6-15-3)5-12(14)7-16-13/h5,7,9-10,15H,4,6,8H2,1-3H3. The first-order valence-electron chi connectivity index (χ1n) is 6.17. The van der Waals surface area contributed by atoms with Crippen LogP contribution in [0.15, 0.2) is 12.3 Å². The number of nitrogens with one attached hydrogen (secondary N) is 1. The third-order valence-corrected chi connectivity index (χ3v) is 3.33. The monoisotopic (exact) mass is 237 g/mol. The van der Waals surface area contributed by atoms with Crippen molar-refractivity contribution in [3.8, 4) is 0 Å². The molecular formula is C13H20FN3. The smallest absolute Gasteiger partial charge is 0.141 e. The summed E-state index contributed by atoms with van der Waals surface area (Å²) in [5.74, 6) is 1.34. The van der Waals surface area contributed by atoms with Gasteiger partial charge in [0.1, 0.15) is 11.6 Å². The van der Waals surface area contributed by atoms with Crippen molar-refractivity contribution in [1.82, 2.24) is 10.3 Å². The highest BCUT2D eigenvalue weighted by Crippen LogP contribution is 2.29. The summed E-state index contributed by atoms with van der Waals surface area (Å²) in [5.41, 5.74) is 0.938. The lowest BCUT2D eigenvalue weighted by Gasteiger charge is -2.25. The lowest BCUT2D eigenvalue weighted by Crippen LogP contribution is -2.29. The zero-order valence-electron chi connectivity index (χ0n) is 10.7. The first kappa shape index (κ1) is 12.3. The molecule has 94 valence electrons. The molecule has 3 nitrogen and oxygen atoms in total. The minimum atomic E-state index is -0.265. The summed E-state index contributed by atoms with van der Waals surface area (Å²) in [4.78, 5) is 6.56. The van der Waals surface area contributed by atoms with Crippen LogP contribution in [0.4, 0.5) is 10.2 Å². The summed E-state index contributed by atoms with van der Waals surface area (Å²) in [6.07, 6.45) is 2.49. The van der Waals surface area contributed by atoms with E-state index in [1.807, 2.05) is 7.05 Å². The second kappa shape index (κ2) is 5.00. The minimum Gasteiger partial charge on any atom is -0.353 e. The summed E-state index contributed by atoms with van der Waals surface area (Å²) < 4.78 is 13.2. The van der Waals surface area contributed by atoms with Crippen molar-refractivity contribution in [1.29, 1.82) is 0 Å². The Morgan fingerprint density at radius 2 is 2.29 bits per heavy atom. The lowest BCUT2D eigenvalue weighted by molar-refractivity contribution is 0.613. The topological polar surface area (TPSA) is 28.2 Å². The minimum absolute atomic E-state index is 0.265. The van der Waals surface area contributed by atoms with Crippen LogP contribution in [0.25, 0.3) is 0 Å². The summed E-state index contributed by atoms with van der Waals surface area (Å²) in [6.45, 7) is 6.11. The van der Waals surface area contributed by atoms with Gasteiger partial charge in [-0.25, -0.2) is 9.37 Å². The first-order chi connectivity index (χ1) is 8.11. The van der Waals surface area contributed by atoms with Gasteiger partial charge in [-0.15, -0.1) is 0 Å². The van der Waals surface area contributed by atoms with Crippen molar-refractivity contribution in [3.63, 3.8) is 0 Å². The molecular weight excluding hydrogens is 217 g/mol. The van der Waals surface area contributed by atoms with Gasteiger partial charge in [-0.3, -0.25) is 0 Å². The molecule has 0 bridgehead atoms. The Balaban J connectivity index is 2.30. The number of anilines is 1. The van der Waals surface area contributed by atoms with Gasteiger partial charge in [0.2, 0.25) is 0 Å². The molecule has 1 aliphatic heterocycles. The molecule has 0 radical (unpaired) electrons. The van der Waals surface area contributed by atoms with E-state index in [9.17, 15) is 4.39 Å². The largest absolute Gasteiger partial charge is 0.353 e. The average molecular weight is 237 g/mol. The highest BCUT2D eigenvalue weighted by Gasteiger charge is 2.28. The molecule has 0 aliphatic carbocycles. The van der Waals surface area contributed by atoms with Crippen molar-refractivity contribution >= 4 is 5.82 Å². The molecule has 1 aliphatic rings. The maximum absolute atomic E-state index is 13.2. The molecule has 0 amide bonds. The van der Waals surface area contributed by atoms with E-state index >= 15 is 0 Å². The zero-order valence-corrected chi connectivity index (χ0v) is 10.7. The molecule has 0 aromatic carbocycles. The predicted octanol–water partition coefficient (Wildman–Crippen LogP) is 2.17. The normalized spacial score (nSPS) is 24.4. The van der Waals surface area contributed by atoms with Crippen molar-refractivity contribution in [3.05, 3.63) is 23.6 Å². The summed E-state index contributed by atoms with van der Waals surface area (Å²) in [7, 11) is 1.87. The fraction of sp³-hybridized carbons (Fsp3) is 0.615. The van der Waals surface area contributed by atoms with E-state index in [-0.39, 0.29) is 5.82 Å². The maximum Gasteiger partial charge on any atom is 0.141 e. The fourth-order valence-corrected chi connectivity index (χ4v) is 2.65. The van der Waals surface area contributed by atoms with Gasteiger partial charge in [-0.1, -0.05) is 6.92 Å². The molecule has 1 fully saturated rings. The zero-order chi connectivity index (χ0) is 12.4. The number of aromatic nitrogens is 1.